The van der Waals surface area contributed by atoms with E-state index < -0.39 is 0 Å². The van der Waals surface area contributed by atoms with Crippen molar-refractivity contribution < 1.29 is 14.3 Å². The monoisotopic (exact) mass is 412 g/mol. The first-order valence-corrected chi connectivity index (χ1v) is 10.3. The zero-order valence-electron chi connectivity index (χ0n) is 16.3. The minimum Gasteiger partial charge on any atom is -0.482 e. The van der Waals surface area contributed by atoms with Gasteiger partial charge in [0.25, 0.3) is 11.7 Å². The Kier molecular flexibility index (Phi) is 5.10. The maximum absolute atomic E-state index is 12.5. The summed E-state index contributed by atoms with van der Waals surface area (Å²) < 4.78 is 7.05. The van der Waals surface area contributed by atoms with Crippen molar-refractivity contribution in [2.75, 3.05) is 23.5 Å². The molecule has 10 heteroatoms. The second kappa shape index (κ2) is 7.70. The number of benzene rings is 1. The molecule has 0 aliphatic carbocycles. The molecule has 0 atom stereocenters. The normalized spacial score (nSPS) is 13.0. The van der Waals surface area contributed by atoms with Crippen LogP contribution in [0.3, 0.4) is 0 Å². The van der Waals surface area contributed by atoms with Crippen LogP contribution in [-0.2, 0) is 16.0 Å². The van der Waals surface area contributed by atoms with Crippen LogP contribution in [0.15, 0.2) is 23.4 Å². The Labute approximate surface area is 171 Å². The van der Waals surface area contributed by atoms with E-state index in [4.69, 9.17) is 4.74 Å². The number of nitrogens with zero attached hydrogens (tertiary/aromatic N) is 4. The highest BCUT2D eigenvalue weighted by molar-refractivity contribution is 7.98. The minimum atomic E-state index is -0.215. The SMILES string of the molecule is CSc1nc2nc(C)c(CCC(=O)Nc3ccc4c(c3)NC(=O)CO4)c(C)n2n1. The first kappa shape index (κ1) is 19.2. The van der Waals surface area contributed by atoms with Gasteiger partial charge in [-0.05, 0) is 50.3 Å². The van der Waals surface area contributed by atoms with Gasteiger partial charge in [0.05, 0.1) is 5.69 Å². The van der Waals surface area contributed by atoms with Crippen molar-refractivity contribution in [3.8, 4) is 5.75 Å². The van der Waals surface area contributed by atoms with E-state index in [2.05, 4.69) is 25.7 Å². The number of carbonyl (C=O) groups excluding carboxylic acids is 2. The fraction of sp³-hybridized carbons (Fsp3) is 0.316. The molecule has 1 aliphatic heterocycles. The number of aromatic nitrogens is 4. The Balaban J connectivity index is 1.46. The molecule has 0 unspecified atom stereocenters. The number of ether oxygens (including phenoxy) is 1. The summed E-state index contributed by atoms with van der Waals surface area (Å²) in [6, 6.07) is 5.16. The Morgan fingerprint density at radius 2 is 2.17 bits per heavy atom. The maximum atomic E-state index is 12.5. The summed E-state index contributed by atoms with van der Waals surface area (Å²) in [6.07, 6.45) is 2.74. The highest BCUT2D eigenvalue weighted by atomic mass is 32.2. The molecule has 0 radical (unpaired) electrons. The standard InChI is InChI=1S/C19H20N6O3S/c1-10-13(11(2)25-18(20-10)23-19(24-25)29-3)5-7-16(26)21-12-4-6-15-14(8-12)22-17(27)9-28-15/h4,6,8H,5,7,9H2,1-3H3,(H,21,26)(H,22,27). The largest absolute Gasteiger partial charge is 0.482 e. The van der Waals surface area contributed by atoms with Crippen LogP contribution < -0.4 is 15.4 Å². The van der Waals surface area contributed by atoms with Crippen LogP contribution >= 0.6 is 11.8 Å². The Hall–Kier alpha value is -3.14. The first-order chi connectivity index (χ1) is 13.9. The van der Waals surface area contributed by atoms with Crippen LogP contribution in [0.2, 0.25) is 0 Å². The van der Waals surface area contributed by atoms with Gasteiger partial charge >= 0.3 is 0 Å². The van der Waals surface area contributed by atoms with Gasteiger partial charge in [0.15, 0.2) is 6.61 Å². The second-order valence-electron chi connectivity index (χ2n) is 6.67. The smallest absolute Gasteiger partial charge is 0.262 e. The van der Waals surface area contributed by atoms with Crippen LogP contribution in [0, 0.1) is 13.8 Å². The lowest BCUT2D eigenvalue weighted by Gasteiger charge is -2.18. The van der Waals surface area contributed by atoms with E-state index in [1.54, 1.807) is 22.7 Å². The second-order valence-corrected chi connectivity index (χ2v) is 7.44. The number of carbonyl (C=O) groups is 2. The van der Waals surface area contributed by atoms with Gasteiger partial charge < -0.3 is 15.4 Å². The highest BCUT2D eigenvalue weighted by Gasteiger charge is 2.17. The quantitative estimate of drug-likeness (QED) is 0.619. The van der Waals surface area contributed by atoms with Crippen LogP contribution in [0.25, 0.3) is 5.78 Å². The first-order valence-electron chi connectivity index (χ1n) is 9.08. The van der Waals surface area contributed by atoms with Gasteiger partial charge in [0, 0.05) is 23.5 Å². The lowest BCUT2D eigenvalue weighted by molar-refractivity contribution is -0.118. The molecule has 0 saturated carbocycles. The molecule has 9 nitrogen and oxygen atoms in total. The van der Waals surface area contributed by atoms with Crippen molar-refractivity contribution in [3.05, 3.63) is 35.2 Å². The predicted octanol–water partition coefficient (Wildman–Crippen LogP) is 2.37. The molecular formula is C19H20N6O3S. The molecule has 0 fully saturated rings. The van der Waals surface area contributed by atoms with Crippen LogP contribution in [0.5, 0.6) is 5.75 Å². The number of anilines is 2. The molecule has 4 rings (SSSR count). The van der Waals surface area contributed by atoms with Crippen molar-refractivity contribution >= 4 is 40.7 Å². The van der Waals surface area contributed by atoms with Gasteiger partial charge in [-0.3, -0.25) is 9.59 Å². The van der Waals surface area contributed by atoms with Crippen molar-refractivity contribution in [1.29, 1.82) is 0 Å². The molecule has 0 spiro atoms. The minimum absolute atomic E-state index is 0.00000397. The maximum Gasteiger partial charge on any atom is 0.262 e. The fourth-order valence-corrected chi connectivity index (χ4v) is 3.60. The summed E-state index contributed by atoms with van der Waals surface area (Å²) in [5.74, 6) is 0.810. The summed E-state index contributed by atoms with van der Waals surface area (Å²) in [7, 11) is 0. The van der Waals surface area contributed by atoms with E-state index in [-0.39, 0.29) is 18.4 Å². The number of hydrogen-bond donors (Lipinski definition) is 2. The number of rotatable bonds is 5. The summed E-state index contributed by atoms with van der Waals surface area (Å²) >= 11 is 1.46. The molecular weight excluding hydrogens is 392 g/mol. The van der Waals surface area contributed by atoms with Crippen LogP contribution in [-0.4, -0.2) is 44.3 Å². The molecule has 0 bridgehead atoms. The molecule has 1 aromatic carbocycles. The lowest BCUT2D eigenvalue weighted by Crippen LogP contribution is -2.25. The van der Waals surface area contributed by atoms with Gasteiger partial charge in [-0.25, -0.2) is 9.50 Å². The number of hydrogen-bond acceptors (Lipinski definition) is 7. The van der Waals surface area contributed by atoms with Crippen molar-refractivity contribution in [2.45, 2.75) is 31.8 Å². The summed E-state index contributed by atoms with van der Waals surface area (Å²) in [5.41, 5.74) is 3.91. The lowest BCUT2D eigenvalue weighted by atomic mass is 10.1. The van der Waals surface area contributed by atoms with E-state index in [1.807, 2.05) is 20.1 Å². The van der Waals surface area contributed by atoms with E-state index in [1.165, 1.54) is 11.8 Å². The Morgan fingerprint density at radius 1 is 1.34 bits per heavy atom. The molecule has 1 aliphatic rings. The van der Waals surface area contributed by atoms with Gasteiger partial charge in [-0.15, -0.1) is 5.10 Å². The number of amides is 2. The Bertz CT molecular complexity index is 1130. The van der Waals surface area contributed by atoms with Crippen LogP contribution in [0.4, 0.5) is 11.4 Å². The third-order valence-electron chi connectivity index (χ3n) is 4.71. The van der Waals surface area contributed by atoms with E-state index >= 15 is 0 Å². The van der Waals surface area contributed by atoms with Gasteiger partial charge in [-0.1, -0.05) is 11.8 Å². The molecule has 150 valence electrons. The van der Waals surface area contributed by atoms with Crippen molar-refractivity contribution in [1.82, 2.24) is 19.6 Å². The van der Waals surface area contributed by atoms with Gasteiger partial charge in [-0.2, -0.15) is 4.98 Å². The topological polar surface area (TPSA) is 111 Å². The average Bonchev–Trinajstić information content (AvgIpc) is 3.10. The highest BCUT2D eigenvalue weighted by Crippen LogP contribution is 2.30. The molecule has 2 aromatic heterocycles. The zero-order valence-corrected chi connectivity index (χ0v) is 17.1. The molecule has 3 aromatic rings. The number of thioether (sulfide) groups is 1. The van der Waals surface area contributed by atoms with E-state index in [0.717, 1.165) is 17.0 Å². The third kappa shape index (κ3) is 3.88. The van der Waals surface area contributed by atoms with E-state index in [9.17, 15) is 9.59 Å². The van der Waals surface area contributed by atoms with Crippen molar-refractivity contribution in [2.24, 2.45) is 0 Å². The summed E-state index contributed by atoms with van der Waals surface area (Å²) in [6.45, 7) is 3.87. The number of fused-ring (bicyclic) bond motifs is 2. The van der Waals surface area contributed by atoms with Gasteiger partial charge in [0.2, 0.25) is 11.1 Å². The number of nitrogens with one attached hydrogen (secondary N) is 2. The number of aryl methyl sites for hydroxylation is 2. The Morgan fingerprint density at radius 3 is 2.97 bits per heavy atom. The van der Waals surface area contributed by atoms with Gasteiger partial charge in [0.1, 0.15) is 5.75 Å². The molecule has 2 N–H and O–H groups in total. The molecule has 3 heterocycles. The van der Waals surface area contributed by atoms with Crippen LogP contribution in [0.1, 0.15) is 23.4 Å². The average molecular weight is 412 g/mol. The summed E-state index contributed by atoms with van der Waals surface area (Å²) in [4.78, 5) is 32.8. The third-order valence-corrected chi connectivity index (χ3v) is 5.25. The molecule has 29 heavy (non-hydrogen) atoms. The fourth-order valence-electron chi connectivity index (χ4n) is 3.26. The van der Waals surface area contributed by atoms with Crippen molar-refractivity contribution in [3.63, 3.8) is 0 Å². The summed E-state index contributed by atoms with van der Waals surface area (Å²) in [5, 5.41) is 10.7. The predicted molar refractivity (Wildman–Crippen MR) is 110 cm³/mol. The molecule has 0 saturated heterocycles. The molecule has 2 amide bonds. The van der Waals surface area contributed by atoms with E-state index in [0.29, 0.717) is 40.9 Å². The zero-order chi connectivity index (χ0) is 20.5.